The van der Waals surface area contributed by atoms with Gasteiger partial charge < -0.3 is 5.32 Å². The zero-order valence-electron chi connectivity index (χ0n) is 8.96. The van der Waals surface area contributed by atoms with Crippen LogP contribution < -0.4 is 5.32 Å². The summed E-state index contributed by atoms with van der Waals surface area (Å²) in [6.07, 6.45) is 4.88. The zero-order valence-corrected chi connectivity index (χ0v) is 9.71. The Morgan fingerprint density at radius 1 is 1.53 bits per heavy atom. The smallest absolute Gasteiger partial charge is 0.253 e. The first-order chi connectivity index (χ1) is 7.19. The van der Waals surface area contributed by atoms with Gasteiger partial charge in [-0.3, -0.25) is 9.78 Å². The monoisotopic (exact) mass is 226 g/mol. The highest BCUT2D eigenvalue weighted by molar-refractivity contribution is 6.33. The second-order valence-corrected chi connectivity index (χ2v) is 3.75. The number of hydrogen-bond donors (Lipinski definition) is 1. The van der Waals surface area contributed by atoms with E-state index in [4.69, 9.17) is 11.6 Å². The molecule has 0 radical (unpaired) electrons. The number of hydrogen-bond acceptors (Lipinski definition) is 2. The van der Waals surface area contributed by atoms with Gasteiger partial charge in [-0.15, -0.1) is 0 Å². The predicted octanol–water partition coefficient (Wildman–Crippen LogP) is 2.65. The molecule has 82 valence electrons. The Hall–Kier alpha value is -1.09. The summed E-state index contributed by atoms with van der Waals surface area (Å²) in [5.74, 6) is -0.129. The number of amides is 1. The second-order valence-electron chi connectivity index (χ2n) is 3.34. The third-order valence-electron chi connectivity index (χ3n) is 2.34. The maximum atomic E-state index is 11.8. The van der Waals surface area contributed by atoms with Gasteiger partial charge in [0.2, 0.25) is 0 Å². The Bertz CT molecular complexity index is 337. The summed E-state index contributed by atoms with van der Waals surface area (Å²) in [6.45, 7) is 4.09. The van der Waals surface area contributed by atoms with Crippen LogP contribution in [-0.4, -0.2) is 16.9 Å². The van der Waals surface area contributed by atoms with Crippen molar-refractivity contribution in [2.45, 2.75) is 32.7 Å². The first kappa shape index (κ1) is 12.0. The lowest BCUT2D eigenvalue weighted by Gasteiger charge is -2.14. The summed E-state index contributed by atoms with van der Waals surface area (Å²) in [5, 5.41) is 3.31. The first-order valence-electron chi connectivity index (χ1n) is 5.09. The van der Waals surface area contributed by atoms with Crippen LogP contribution in [-0.2, 0) is 0 Å². The van der Waals surface area contributed by atoms with Gasteiger partial charge in [-0.2, -0.15) is 0 Å². The van der Waals surface area contributed by atoms with Gasteiger partial charge in [0.1, 0.15) is 0 Å². The van der Waals surface area contributed by atoms with Crippen LogP contribution in [0.5, 0.6) is 0 Å². The summed E-state index contributed by atoms with van der Waals surface area (Å²) in [4.78, 5) is 15.6. The summed E-state index contributed by atoms with van der Waals surface area (Å²) in [5.41, 5.74) is 0.485. The minimum absolute atomic E-state index is 0.129. The molecule has 0 bridgehead atoms. The first-order valence-corrected chi connectivity index (χ1v) is 5.47. The molecule has 0 aliphatic heterocycles. The van der Waals surface area contributed by atoms with E-state index in [1.165, 1.54) is 6.20 Å². The van der Waals surface area contributed by atoms with Crippen molar-refractivity contribution in [3.8, 4) is 0 Å². The number of carbonyl (C=O) groups excluding carboxylic acids is 1. The molecule has 15 heavy (non-hydrogen) atoms. The van der Waals surface area contributed by atoms with Crippen molar-refractivity contribution in [3.63, 3.8) is 0 Å². The van der Waals surface area contributed by atoms with Gasteiger partial charge in [0.05, 0.1) is 10.6 Å². The molecule has 1 N–H and O–H groups in total. The summed E-state index contributed by atoms with van der Waals surface area (Å²) in [7, 11) is 0. The minimum atomic E-state index is -0.129. The summed E-state index contributed by atoms with van der Waals surface area (Å²) in [6, 6.07) is 1.83. The molecule has 0 saturated heterocycles. The van der Waals surface area contributed by atoms with Crippen molar-refractivity contribution in [1.29, 1.82) is 0 Å². The van der Waals surface area contributed by atoms with E-state index in [9.17, 15) is 4.79 Å². The number of pyridine rings is 1. The molecule has 1 aromatic rings. The van der Waals surface area contributed by atoms with Crippen molar-refractivity contribution >= 4 is 17.5 Å². The Morgan fingerprint density at radius 3 is 2.73 bits per heavy atom. The lowest BCUT2D eigenvalue weighted by Crippen LogP contribution is -2.33. The number of aromatic nitrogens is 1. The van der Waals surface area contributed by atoms with E-state index in [-0.39, 0.29) is 11.9 Å². The van der Waals surface area contributed by atoms with E-state index in [1.54, 1.807) is 12.3 Å². The maximum absolute atomic E-state index is 11.8. The number of nitrogens with one attached hydrogen (secondary N) is 1. The third kappa shape index (κ3) is 3.20. The van der Waals surface area contributed by atoms with Crippen LogP contribution in [0, 0.1) is 0 Å². The third-order valence-corrected chi connectivity index (χ3v) is 2.64. The van der Waals surface area contributed by atoms with Crippen molar-refractivity contribution in [3.05, 3.63) is 29.0 Å². The fourth-order valence-corrected chi connectivity index (χ4v) is 1.52. The van der Waals surface area contributed by atoms with E-state index in [2.05, 4.69) is 10.3 Å². The quantitative estimate of drug-likeness (QED) is 0.858. The van der Waals surface area contributed by atoms with E-state index in [0.29, 0.717) is 10.6 Å². The van der Waals surface area contributed by atoms with Crippen molar-refractivity contribution in [2.75, 3.05) is 0 Å². The maximum Gasteiger partial charge on any atom is 0.253 e. The average molecular weight is 227 g/mol. The van der Waals surface area contributed by atoms with Crippen LogP contribution in [0.1, 0.15) is 37.0 Å². The largest absolute Gasteiger partial charge is 0.349 e. The number of nitrogens with zero attached hydrogens (tertiary/aromatic N) is 1. The number of rotatable bonds is 4. The standard InChI is InChI=1S/C11H15ClN2O/c1-3-8(4-2)14-11(15)9-5-6-13-7-10(9)12/h5-8H,3-4H2,1-2H3,(H,14,15). The van der Waals surface area contributed by atoms with Crippen LogP contribution in [0.25, 0.3) is 0 Å². The van der Waals surface area contributed by atoms with Gasteiger partial charge in [0.15, 0.2) is 0 Å². The Labute approximate surface area is 94.9 Å². The molecule has 0 fully saturated rings. The zero-order chi connectivity index (χ0) is 11.3. The highest BCUT2D eigenvalue weighted by Crippen LogP contribution is 2.13. The molecule has 0 spiro atoms. The molecule has 1 aromatic heterocycles. The second kappa shape index (κ2) is 5.71. The van der Waals surface area contributed by atoms with Crippen LogP contribution in [0.4, 0.5) is 0 Å². The molecule has 0 aromatic carbocycles. The van der Waals surface area contributed by atoms with Gasteiger partial charge in [-0.1, -0.05) is 25.4 Å². The molecular formula is C11H15ClN2O. The minimum Gasteiger partial charge on any atom is -0.349 e. The van der Waals surface area contributed by atoms with Crippen LogP contribution in [0.3, 0.4) is 0 Å². The summed E-state index contributed by atoms with van der Waals surface area (Å²) < 4.78 is 0. The molecule has 0 unspecified atom stereocenters. The molecule has 4 heteroatoms. The normalized spacial score (nSPS) is 10.4. The fraction of sp³-hybridized carbons (Fsp3) is 0.455. The molecule has 1 rings (SSSR count). The molecule has 1 amide bonds. The molecule has 0 saturated carbocycles. The van der Waals surface area contributed by atoms with Gasteiger partial charge in [-0.25, -0.2) is 0 Å². The van der Waals surface area contributed by atoms with Gasteiger partial charge in [0.25, 0.3) is 5.91 Å². The fourth-order valence-electron chi connectivity index (χ4n) is 1.32. The van der Waals surface area contributed by atoms with Gasteiger partial charge in [0, 0.05) is 18.4 Å². The Kier molecular flexibility index (Phi) is 4.56. The van der Waals surface area contributed by atoms with E-state index in [0.717, 1.165) is 12.8 Å². The van der Waals surface area contributed by atoms with Crippen LogP contribution >= 0.6 is 11.6 Å². The van der Waals surface area contributed by atoms with Crippen molar-refractivity contribution in [1.82, 2.24) is 10.3 Å². The number of halogens is 1. The molecule has 0 aliphatic carbocycles. The van der Waals surface area contributed by atoms with Crippen molar-refractivity contribution < 1.29 is 4.79 Å². The van der Waals surface area contributed by atoms with Crippen LogP contribution in [0.15, 0.2) is 18.5 Å². The lowest BCUT2D eigenvalue weighted by atomic mass is 10.1. The Morgan fingerprint density at radius 2 is 2.20 bits per heavy atom. The molecule has 0 atom stereocenters. The van der Waals surface area contributed by atoms with E-state index in [1.807, 2.05) is 13.8 Å². The summed E-state index contributed by atoms with van der Waals surface area (Å²) >= 11 is 5.87. The molecule has 3 nitrogen and oxygen atoms in total. The average Bonchev–Trinajstić information content (AvgIpc) is 2.26. The highest BCUT2D eigenvalue weighted by Gasteiger charge is 2.12. The molecule has 0 aliphatic rings. The SMILES string of the molecule is CCC(CC)NC(=O)c1ccncc1Cl. The topological polar surface area (TPSA) is 42.0 Å². The Balaban J connectivity index is 2.73. The van der Waals surface area contributed by atoms with E-state index < -0.39 is 0 Å². The van der Waals surface area contributed by atoms with Gasteiger partial charge >= 0.3 is 0 Å². The van der Waals surface area contributed by atoms with E-state index >= 15 is 0 Å². The predicted molar refractivity (Wildman–Crippen MR) is 61.1 cm³/mol. The number of carbonyl (C=O) groups is 1. The molecule has 1 heterocycles. The highest BCUT2D eigenvalue weighted by atomic mass is 35.5. The molecular weight excluding hydrogens is 212 g/mol. The van der Waals surface area contributed by atoms with Crippen molar-refractivity contribution in [2.24, 2.45) is 0 Å². The van der Waals surface area contributed by atoms with Crippen LogP contribution in [0.2, 0.25) is 5.02 Å². The van der Waals surface area contributed by atoms with Gasteiger partial charge in [-0.05, 0) is 18.9 Å². The lowest BCUT2D eigenvalue weighted by molar-refractivity contribution is 0.0935.